The van der Waals surface area contributed by atoms with E-state index >= 15 is 0 Å². The first-order valence-corrected chi connectivity index (χ1v) is 7.23. The van der Waals surface area contributed by atoms with Crippen molar-refractivity contribution in [3.63, 3.8) is 0 Å². The van der Waals surface area contributed by atoms with Crippen LogP contribution < -0.4 is 5.32 Å². The highest BCUT2D eigenvalue weighted by atomic mass is 14.9. The molecule has 0 saturated heterocycles. The fourth-order valence-corrected chi connectivity index (χ4v) is 2.93. The second-order valence-electron chi connectivity index (χ2n) is 5.24. The molecule has 1 heterocycles. The first-order chi connectivity index (χ1) is 9.43. The SMILES string of the molecule is c1ccc2c(c1)CCCC2NCCCc1ncc[nH]1. The lowest BCUT2D eigenvalue weighted by atomic mass is 9.88. The van der Waals surface area contributed by atoms with Gasteiger partial charge >= 0.3 is 0 Å². The average Bonchev–Trinajstić information content (AvgIpc) is 2.97. The molecular formula is C16H21N3. The lowest BCUT2D eigenvalue weighted by Gasteiger charge is -2.26. The number of fused-ring (bicyclic) bond motifs is 1. The number of imidazole rings is 1. The van der Waals surface area contributed by atoms with Crippen molar-refractivity contribution in [2.75, 3.05) is 6.54 Å². The Morgan fingerprint density at radius 2 is 2.26 bits per heavy atom. The van der Waals surface area contributed by atoms with Crippen molar-refractivity contribution in [3.05, 3.63) is 53.6 Å². The summed E-state index contributed by atoms with van der Waals surface area (Å²) in [4.78, 5) is 7.41. The van der Waals surface area contributed by atoms with Gasteiger partial charge in [-0.25, -0.2) is 4.98 Å². The zero-order valence-corrected chi connectivity index (χ0v) is 11.2. The molecule has 0 saturated carbocycles. The Bertz CT molecular complexity index is 504. The summed E-state index contributed by atoms with van der Waals surface area (Å²) in [7, 11) is 0. The summed E-state index contributed by atoms with van der Waals surface area (Å²) in [5.41, 5.74) is 3.03. The van der Waals surface area contributed by atoms with E-state index in [9.17, 15) is 0 Å². The van der Waals surface area contributed by atoms with Crippen molar-refractivity contribution in [3.8, 4) is 0 Å². The molecule has 19 heavy (non-hydrogen) atoms. The van der Waals surface area contributed by atoms with Crippen molar-refractivity contribution in [1.29, 1.82) is 0 Å². The van der Waals surface area contributed by atoms with Gasteiger partial charge in [0, 0.05) is 24.9 Å². The second kappa shape index (κ2) is 6.02. The molecule has 1 unspecified atom stereocenters. The summed E-state index contributed by atoms with van der Waals surface area (Å²) in [6, 6.07) is 9.39. The smallest absolute Gasteiger partial charge is 0.106 e. The molecule has 1 aromatic heterocycles. The summed E-state index contributed by atoms with van der Waals surface area (Å²) >= 11 is 0. The van der Waals surface area contributed by atoms with E-state index in [1.807, 2.05) is 12.4 Å². The number of rotatable bonds is 5. The monoisotopic (exact) mass is 255 g/mol. The van der Waals surface area contributed by atoms with Gasteiger partial charge in [-0.2, -0.15) is 0 Å². The van der Waals surface area contributed by atoms with Gasteiger partial charge in [0.1, 0.15) is 5.82 Å². The number of aromatic amines is 1. The van der Waals surface area contributed by atoms with Crippen molar-refractivity contribution >= 4 is 0 Å². The van der Waals surface area contributed by atoms with Gasteiger partial charge in [-0.15, -0.1) is 0 Å². The molecule has 0 aliphatic heterocycles. The maximum atomic E-state index is 4.25. The molecule has 0 spiro atoms. The van der Waals surface area contributed by atoms with Crippen LogP contribution in [0.15, 0.2) is 36.7 Å². The minimum Gasteiger partial charge on any atom is -0.349 e. The number of aryl methyl sites for hydroxylation is 2. The van der Waals surface area contributed by atoms with E-state index in [1.165, 1.54) is 30.4 Å². The van der Waals surface area contributed by atoms with Crippen LogP contribution in [0.1, 0.15) is 42.3 Å². The summed E-state index contributed by atoms with van der Waals surface area (Å²) in [5.74, 6) is 1.09. The zero-order valence-electron chi connectivity index (χ0n) is 11.2. The molecular weight excluding hydrogens is 234 g/mol. The molecule has 0 amide bonds. The Balaban J connectivity index is 1.51. The van der Waals surface area contributed by atoms with Gasteiger partial charge in [-0.3, -0.25) is 0 Å². The Morgan fingerprint density at radius 3 is 3.16 bits per heavy atom. The normalized spacial score (nSPS) is 18.2. The molecule has 1 atom stereocenters. The van der Waals surface area contributed by atoms with Crippen LogP contribution in [0, 0.1) is 0 Å². The molecule has 2 N–H and O–H groups in total. The van der Waals surface area contributed by atoms with E-state index in [-0.39, 0.29) is 0 Å². The molecule has 3 heteroatoms. The molecule has 3 nitrogen and oxygen atoms in total. The third-order valence-corrected chi connectivity index (χ3v) is 3.91. The number of benzene rings is 1. The fourth-order valence-electron chi connectivity index (χ4n) is 2.93. The largest absolute Gasteiger partial charge is 0.349 e. The van der Waals surface area contributed by atoms with E-state index in [0.717, 1.165) is 25.2 Å². The van der Waals surface area contributed by atoms with Crippen LogP contribution >= 0.6 is 0 Å². The van der Waals surface area contributed by atoms with E-state index in [2.05, 4.69) is 39.6 Å². The topological polar surface area (TPSA) is 40.7 Å². The maximum Gasteiger partial charge on any atom is 0.106 e. The van der Waals surface area contributed by atoms with E-state index in [4.69, 9.17) is 0 Å². The number of hydrogen-bond acceptors (Lipinski definition) is 2. The van der Waals surface area contributed by atoms with Crippen LogP contribution in [0.5, 0.6) is 0 Å². The lowest BCUT2D eigenvalue weighted by molar-refractivity contribution is 0.455. The highest BCUT2D eigenvalue weighted by Crippen LogP contribution is 2.29. The van der Waals surface area contributed by atoms with Crippen molar-refractivity contribution < 1.29 is 0 Å². The fraction of sp³-hybridized carbons (Fsp3) is 0.438. The van der Waals surface area contributed by atoms with Crippen LogP contribution in [0.2, 0.25) is 0 Å². The second-order valence-corrected chi connectivity index (χ2v) is 5.24. The molecule has 1 aliphatic carbocycles. The number of H-pyrrole nitrogens is 1. The van der Waals surface area contributed by atoms with Gasteiger partial charge in [-0.1, -0.05) is 24.3 Å². The zero-order chi connectivity index (χ0) is 12.9. The Kier molecular flexibility index (Phi) is 3.94. The van der Waals surface area contributed by atoms with Gasteiger partial charge in [-0.05, 0) is 43.4 Å². The van der Waals surface area contributed by atoms with E-state index in [0.29, 0.717) is 6.04 Å². The molecule has 1 aromatic carbocycles. The minimum atomic E-state index is 0.543. The molecule has 0 bridgehead atoms. The molecule has 0 radical (unpaired) electrons. The van der Waals surface area contributed by atoms with Gasteiger partial charge in [0.2, 0.25) is 0 Å². The minimum absolute atomic E-state index is 0.543. The number of nitrogens with zero attached hydrogens (tertiary/aromatic N) is 1. The van der Waals surface area contributed by atoms with Gasteiger partial charge < -0.3 is 10.3 Å². The highest BCUT2D eigenvalue weighted by molar-refractivity contribution is 5.32. The standard InChI is InChI=1S/C16H21N3/c1-2-7-14-13(5-1)6-3-8-15(14)17-10-4-9-16-18-11-12-19-16/h1-2,5,7,11-12,15,17H,3-4,6,8-10H2,(H,18,19). The molecule has 2 aromatic rings. The molecule has 100 valence electrons. The summed E-state index contributed by atoms with van der Waals surface area (Å²) < 4.78 is 0. The van der Waals surface area contributed by atoms with Crippen molar-refractivity contribution in [1.82, 2.24) is 15.3 Å². The van der Waals surface area contributed by atoms with Crippen molar-refractivity contribution in [2.24, 2.45) is 0 Å². The first kappa shape index (κ1) is 12.4. The Hall–Kier alpha value is -1.61. The van der Waals surface area contributed by atoms with Crippen LogP contribution in [-0.4, -0.2) is 16.5 Å². The van der Waals surface area contributed by atoms with Crippen LogP contribution in [-0.2, 0) is 12.8 Å². The van der Waals surface area contributed by atoms with E-state index in [1.54, 1.807) is 0 Å². The van der Waals surface area contributed by atoms with Crippen LogP contribution in [0.25, 0.3) is 0 Å². The van der Waals surface area contributed by atoms with Crippen molar-refractivity contribution in [2.45, 2.75) is 38.1 Å². The first-order valence-electron chi connectivity index (χ1n) is 7.23. The number of hydrogen-bond donors (Lipinski definition) is 2. The van der Waals surface area contributed by atoms with Crippen LogP contribution in [0.3, 0.4) is 0 Å². The lowest BCUT2D eigenvalue weighted by Crippen LogP contribution is -2.26. The highest BCUT2D eigenvalue weighted by Gasteiger charge is 2.18. The predicted molar refractivity (Wildman–Crippen MR) is 77.0 cm³/mol. The van der Waals surface area contributed by atoms with Gasteiger partial charge in [0.25, 0.3) is 0 Å². The third kappa shape index (κ3) is 3.04. The molecule has 1 aliphatic rings. The van der Waals surface area contributed by atoms with Gasteiger partial charge in [0.15, 0.2) is 0 Å². The summed E-state index contributed by atoms with van der Waals surface area (Å²) in [5, 5.41) is 3.70. The maximum absolute atomic E-state index is 4.25. The molecule has 0 fully saturated rings. The number of nitrogens with one attached hydrogen (secondary N) is 2. The predicted octanol–water partition coefficient (Wildman–Crippen LogP) is 3.01. The van der Waals surface area contributed by atoms with Crippen LogP contribution in [0.4, 0.5) is 0 Å². The number of aromatic nitrogens is 2. The Morgan fingerprint density at radius 1 is 1.32 bits per heavy atom. The molecule has 3 rings (SSSR count). The third-order valence-electron chi connectivity index (χ3n) is 3.91. The van der Waals surface area contributed by atoms with Gasteiger partial charge in [0.05, 0.1) is 0 Å². The van der Waals surface area contributed by atoms with E-state index < -0.39 is 0 Å². The summed E-state index contributed by atoms with van der Waals surface area (Å²) in [6.07, 6.45) is 9.66. The Labute approximate surface area is 114 Å². The average molecular weight is 255 g/mol. The quantitative estimate of drug-likeness (QED) is 0.806. The summed E-state index contributed by atoms with van der Waals surface area (Å²) in [6.45, 7) is 1.06.